The van der Waals surface area contributed by atoms with E-state index in [0.717, 1.165) is 16.5 Å². The van der Waals surface area contributed by atoms with Gasteiger partial charge in [0.15, 0.2) is 5.69 Å². The number of nitrogens with two attached hydrogens (primary N) is 2. The van der Waals surface area contributed by atoms with Crippen LogP contribution in [0.4, 0.5) is 5.69 Å². The second-order valence-corrected chi connectivity index (χ2v) is 4.53. The maximum Gasteiger partial charge on any atom is 0.271 e. The van der Waals surface area contributed by atoms with E-state index in [0.29, 0.717) is 5.56 Å². The number of amides is 1. The Kier molecular flexibility index (Phi) is 2.81. The minimum absolute atomic E-state index is 0.0310. The zero-order valence-corrected chi connectivity index (χ0v) is 10.9. The number of benzene rings is 2. The number of carbonyl (C=O) groups is 1. The van der Waals surface area contributed by atoms with Gasteiger partial charge < -0.3 is 11.5 Å². The van der Waals surface area contributed by atoms with Crippen molar-refractivity contribution < 1.29 is 4.79 Å². The Balaban J connectivity index is 2.29. The zero-order valence-electron chi connectivity index (χ0n) is 10.9. The molecule has 3 rings (SSSR count). The van der Waals surface area contributed by atoms with Crippen LogP contribution in [0.1, 0.15) is 16.1 Å². The van der Waals surface area contributed by atoms with Crippen molar-refractivity contribution in [1.29, 1.82) is 5.26 Å². The largest absolute Gasteiger partial charge is 0.396 e. The molecule has 2 aromatic carbocycles. The Morgan fingerprint density at radius 1 is 1.19 bits per heavy atom. The average molecular weight is 277 g/mol. The van der Waals surface area contributed by atoms with Gasteiger partial charge >= 0.3 is 0 Å². The molecule has 1 heterocycles. The summed E-state index contributed by atoms with van der Waals surface area (Å²) in [5.41, 5.74) is 12.5. The van der Waals surface area contributed by atoms with Crippen molar-refractivity contribution in [3.8, 4) is 11.8 Å². The van der Waals surface area contributed by atoms with Crippen LogP contribution in [-0.2, 0) is 0 Å². The fourth-order valence-corrected chi connectivity index (χ4v) is 2.28. The number of hydrogen-bond donors (Lipinski definition) is 2. The average Bonchev–Trinajstić information content (AvgIpc) is 2.88. The molecule has 102 valence electrons. The van der Waals surface area contributed by atoms with E-state index in [4.69, 9.17) is 16.7 Å². The normalized spacial score (nSPS) is 10.4. The number of hydrogen-bond acceptors (Lipinski definition) is 4. The summed E-state index contributed by atoms with van der Waals surface area (Å²) in [7, 11) is 0. The molecule has 0 atom stereocenters. The van der Waals surface area contributed by atoms with Crippen LogP contribution in [0.15, 0.2) is 42.6 Å². The van der Waals surface area contributed by atoms with Gasteiger partial charge in [-0.05, 0) is 12.1 Å². The molecular formula is C15H11N5O. The van der Waals surface area contributed by atoms with Gasteiger partial charge in [-0.15, -0.1) is 0 Å². The fraction of sp³-hybridized carbons (Fsp3) is 0. The molecule has 1 amide bonds. The molecule has 0 fully saturated rings. The molecule has 0 aliphatic heterocycles. The molecule has 0 radical (unpaired) electrons. The number of carbonyl (C=O) groups excluding carboxylic acids is 1. The van der Waals surface area contributed by atoms with Gasteiger partial charge in [-0.2, -0.15) is 10.4 Å². The van der Waals surface area contributed by atoms with Crippen LogP contribution < -0.4 is 11.5 Å². The van der Waals surface area contributed by atoms with Gasteiger partial charge in [0, 0.05) is 10.8 Å². The molecular weight excluding hydrogens is 266 g/mol. The van der Waals surface area contributed by atoms with Crippen molar-refractivity contribution in [2.24, 2.45) is 5.73 Å². The van der Waals surface area contributed by atoms with Gasteiger partial charge in [0.05, 0.1) is 29.2 Å². The third-order valence-corrected chi connectivity index (χ3v) is 3.24. The van der Waals surface area contributed by atoms with Crippen molar-refractivity contribution in [3.63, 3.8) is 0 Å². The summed E-state index contributed by atoms with van der Waals surface area (Å²) in [5, 5.41) is 14.9. The first-order chi connectivity index (χ1) is 10.1. The molecule has 0 saturated carbocycles. The first-order valence-corrected chi connectivity index (χ1v) is 6.19. The number of nitriles is 1. The second kappa shape index (κ2) is 4.65. The van der Waals surface area contributed by atoms with Crippen LogP contribution in [0.25, 0.3) is 16.5 Å². The molecule has 0 aliphatic carbocycles. The summed E-state index contributed by atoms with van der Waals surface area (Å²) in [6, 6.07) is 13.1. The quantitative estimate of drug-likeness (QED) is 0.740. The lowest BCUT2D eigenvalue weighted by Gasteiger charge is -2.07. The highest BCUT2D eigenvalue weighted by molar-refractivity contribution is 5.97. The lowest BCUT2D eigenvalue weighted by Crippen LogP contribution is -2.14. The van der Waals surface area contributed by atoms with Crippen molar-refractivity contribution in [3.05, 3.63) is 53.9 Å². The van der Waals surface area contributed by atoms with Crippen LogP contribution in [0.5, 0.6) is 0 Å². The van der Waals surface area contributed by atoms with E-state index in [2.05, 4.69) is 11.2 Å². The van der Waals surface area contributed by atoms with Gasteiger partial charge in [0.2, 0.25) is 0 Å². The molecule has 0 saturated heterocycles. The lowest BCUT2D eigenvalue weighted by molar-refractivity contribution is 0.0996. The standard InChI is InChI=1S/C15H11N5O/c16-7-9-5-6-13(11-4-2-1-3-10(9)11)20-8-12(17)14(19-20)15(18)21/h1-6,8H,17H2,(H2,18,21). The minimum atomic E-state index is -0.677. The smallest absolute Gasteiger partial charge is 0.271 e. The predicted molar refractivity (Wildman–Crippen MR) is 78.7 cm³/mol. The van der Waals surface area contributed by atoms with E-state index in [1.807, 2.05) is 24.3 Å². The minimum Gasteiger partial charge on any atom is -0.396 e. The zero-order chi connectivity index (χ0) is 15.0. The summed E-state index contributed by atoms with van der Waals surface area (Å²) >= 11 is 0. The number of fused-ring (bicyclic) bond motifs is 1. The maximum atomic E-state index is 11.3. The highest BCUT2D eigenvalue weighted by Gasteiger charge is 2.14. The number of primary amides is 1. The molecule has 6 heteroatoms. The second-order valence-electron chi connectivity index (χ2n) is 4.53. The Morgan fingerprint density at radius 2 is 1.90 bits per heavy atom. The molecule has 0 spiro atoms. The number of aromatic nitrogens is 2. The topological polar surface area (TPSA) is 111 Å². The molecule has 6 nitrogen and oxygen atoms in total. The Labute approximate surface area is 120 Å². The summed E-state index contributed by atoms with van der Waals surface area (Å²) in [6.45, 7) is 0. The Morgan fingerprint density at radius 3 is 2.52 bits per heavy atom. The number of rotatable bonds is 2. The SMILES string of the molecule is N#Cc1ccc(-n2cc(N)c(C(N)=O)n2)c2ccccc12. The highest BCUT2D eigenvalue weighted by Crippen LogP contribution is 2.26. The van der Waals surface area contributed by atoms with Crippen molar-refractivity contribution in [2.45, 2.75) is 0 Å². The first kappa shape index (κ1) is 12.7. The third kappa shape index (κ3) is 1.97. The number of nitrogen functional groups attached to an aromatic ring is 1. The molecule has 0 unspecified atom stereocenters. The van der Waals surface area contributed by atoms with Crippen molar-refractivity contribution in [2.75, 3.05) is 5.73 Å². The van der Waals surface area contributed by atoms with Crippen molar-refractivity contribution in [1.82, 2.24) is 9.78 Å². The van der Waals surface area contributed by atoms with Crippen molar-refractivity contribution >= 4 is 22.4 Å². The summed E-state index contributed by atoms with van der Waals surface area (Å²) in [6.07, 6.45) is 1.54. The van der Waals surface area contributed by atoms with E-state index >= 15 is 0 Å². The van der Waals surface area contributed by atoms with Crippen LogP contribution in [0.2, 0.25) is 0 Å². The predicted octanol–water partition coefficient (Wildman–Crippen LogP) is 1.58. The van der Waals surface area contributed by atoms with E-state index in [1.54, 1.807) is 12.1 Å². The van der Waals surface area contributed by atoms with E-state index < -0.39 is 5.91 Å². The lowest BCUT2D eigenvalue weighted by atomic mass is 10.0. The molecule has 1 aromatic heterocycles. The van der Waals surface area contributed by atoms with Gasteiger partial charge in [-0.3, -0.25) is 4.79 Å². The van der Waals surface area contributed by atoms with E-state index in [-0.39, 0.29) is 11.4 Å². The molecule has 4 N–H and O–H groups in total. The highest BCUT2D eigenvalue weighted by atomic mass is 16.1. The molecule has 0 bridgehead atoms. The Hall–Kier alpha value is -3.33. The van der Waals surface area contributed by atoms with Gasteiger partial charge in [-0.1, -0.05) is 24.3 Å². The van der Waals surface area contributed by atoms with Gasteiger partial charge in [-0.25, -0.2) is 4.68 Å². The molecule has 21 heavy (non-hydrogen) atoms. The maximum absolute atomic E-state index is 11.3. The summed E-state index contributed by atoms with van der Waals surface area (Å²) < 4.78 is 1.50. The van der Waals surface area contributed by atoms with Crippen LogP contribution in [0.3, 0.4) is 0 Å². The molecule has 0 aliphatic rings. The summed E-state index contributed by atoms with van der Waals surface area (Å²) in [5.74, 6) is -0.677. The number of anilines is 1. The van der Waals surface area contributed by atoms with E-state index in [9.17, 15) is 4.79 Å². The first-order valence-electron chi connectivity index (χ1n) is 6.19. The number of nitrogens with zero attached hydrogens (tertiary/aromatic N) is 3. The van der Waals surface area contributed by atoms with Gasteiger partial charge in [0.1, 0.15) is 0 Å². The van der Waals surface area contributed by atoms with Crippen LogP contribution in [-0.4, -0.2) is 15.7 Å². The summed E-state index contributed by atoms with van der Waals surface area (Å²) in [4.78, 5) is 11.3. The van der Waals surface area contributed by atoms with Crippen LogP contribution >= 0.6 is 0 Å². The third-order valence-electron chi connectivity index (χ3n) is 3.24. The fourth-order valence-electron chi connectivity index (χ4n) is 2.28. The van der Waals surface area contributed by atoms with E-state index in [1.165, 1.54) is 10.9 Å². The van der Waals surface area contributed by atoms with Crippen LogP contribution in [0, 0.1) is 11.3 Å². The molecule has 3 aromatic rings. The van der Waals surface area contributed by atoms with Gasteiger partial charge in [0.25, 0.3) is 5.91 Å². The monoisotopic (exact) mass is 277 g/mol. The Bertz CT molecular complexity index is 904.